The third kappa shape index (κ3) is 3.45. The van der Waals surface area contributed by atoms with Gasteiger partial charge in [0.25, 0.3) is 0 Å². The topological polar surface area (TPSA) is 72.2 Å². The van der Waals surface area contributed by atoms with Crippen LogP contribution < -0.4 is 10.5 Å². The van der Waals surface area contributed by atoms with Crippen LogP contribution in [0.1, 0.15) is 25.7 Å². The van der Waals surface area contributed by atoms with Gasteiger partial charge in [0, 0.05) is 11.3 Å². The highest BCUT2D eigenvalue weighted by Crippen LogP contribution is 2.28. The lowest BCUT2D eigenvalue weighted by Crippen LogP contribution is -2.43. The van der Waals surface area contributed by atoms with E-state index in [9.17, 15) is 12.8 Å². The van der Waals surface area contributed by atoms with E-state index in [0.717, 1.165) is 37.8 Å². The number of halogens is 1. The molecule has 1 fully saturated rings. The molecule has 1 aromatic rings. The summed E-state index contributed by atoms with van der Waals surface area (Å²) in [7, 11) is -3.65. The van der Waals surface area contributed by atoms with Gasteiger partial charge in [0.1, 0.15) is 5.82 Å². The molecule has 2 atom stereocenters. The molecule has 0 saturated heterocycles. The van der Waals surface area contributed by atoms with Gasteiger partial charge in [0.05, 0.1) is 10.6 Å². The molecule has 0 aromatic heterocycles. The zero-order chi connectivity index (χ0) is 14.8. The quantitative estimate of drug-likeness (QED) is 0.836. The Balaban J connectivity index is 2.19. The molecule has 1 saturated carbocycles. The molecule has 0 spiro atoms. The number of rotatable bonds is 4. The maximum absolute atomic E-state index is 13.1. The maximum atomic E-state index is 13.1. The van der Waals surface area contributed by atoms with Crippen molar-refractivity contribution in [3.05, 3.63) is 24.0 Å². The van der Waals surface area contributed by atoms with Crippen LogP contribution in [0.2, 0.25) is 0 Å². The largest absolute Gasteiger partial charge is 0.396 e. The van der Waals surface area contributed by atoms with E-state index in [1.807, 2.05) is 6.26 Å². The van der Waals surface area contributed by atoms with Gasteiger partial charge in [-0.2, -0.15) is 11.8 Å². The first-order valence-electron chi connectivity index (χ1n) is 6.54. The molecule has 112 valence electrons. The number of hydrogen-bond acceptors (Lipinski definition) is 4. The molecular formula is C13H19FN2O2S2. The lowest BCUT2D eigenvalue weighted by molar-refractivity contribution is 0.423. The molecule has 2 unspecified atom stereocenters. The summed E-state index contributed by atoms with van der Waals surface area (Å²) in [6, 6.07) is 3.41. The van der Waals surface area contributed by atoms with Gasteiger partial charge in [-0.05, 0) is 37.3 Å². The van der Waals surface area contributed by atoms with Gasteiger partial charge in [-0.15, -0.1) is 0 Å². The van der Waals surface area contributed by atoms with Crippen LogP contribution in [0.15, 0.2) is 23.1 Å². The summed E-state index contributed by atoms with van der Waals surface area (Å²) in [4.78, 5) is 0.0156. The van der Waals surface area contributed by atoms with Gasteiger partial charge in [0.15, 0.2) is 0 Å². The van der Waals surface area contributed by atoms with E-state index in [2.05, 4.69) is 4.72 Å². The van der Waals surface area contributed by atoms with Gasteiger partial charge >= 0.3 is 0 Å². The molecule has 0 aliphatic heterocycles. The first-order valence-corrected chi connectivity index (χ1v) is 9.31. The van der Waals surface area contributed by atoms with Crippen LogP contribution in [0.4, 0.5) is 10.1 Å². The van der Waals surface area contributed by atoms with Crippen molar-refractivity contribution in [3.8, 4) is 0 Å². The van der Waals surface area contributed by atoms with Crippen molar-refractivity contribution in [1.29, 1.82) is 0 Å². The lowest BCUT2D eigenvalue weighted by Gasteiger charge is -2.30. The summed E-state index contributed by atoms with van der Waals surface area (Å²) in [5.41, 5.74) is 5.28. The van der Waals surface area contributed by atoms with Gasteiger partial charge < -0.3 is 5.73 Å². The standard InChI is InChI=1S/C13H19FN2O2S2/c1-19-13-5-3-2-4-12(13)16-20(17,18)9-6-7-10(14)11(15)8-9/h6-8,12-13,16H,2-5,15H2,1H3. The summed E-state index contributed by atoms with van der Waals surface area (Å²) in [6.45, 7) is 0. The van der Waals surface area contributed by atoms with Crippen LogP contribution in [-0.2, 0) is 10.0 Å². The Labute approximate surface area is 123 Å². The number of hydrogen-bond donors (Lipinski definition) is 2. The van der Waals surface area contributed by atoms with Crippen molar-refractivity contribution < 1.29 is 12.8 Å². The monoisotopic (exact) mass is 318 g/mol. The van der Waals surface area contributed by atoms with E-state index >= 15 is 0 Å². The predicted molar refractivity (Wildman–Crippen MR) is 80.7 cm³/mol. The summed E-state index contributed by atoms with van der Waals surface area (Å²) < 4.78 is 40.5. The predicted octanol–water partition coefficient (Wildman–Crippen LogP) is 2.36. The number of sulfonamides is 1. The minimum Gasteiger partial charge on any atom is -0.396 e. The fraction of sp³-hybridized carbons (Fsp3) is 0.538. The minimum absolute atomic E-state index is 0.0156. The first kappa shape index (κ1) is 15.6. The van der Waals surface area contributed by atoms with Gasteiger partial charge in [-0.1, -0.05) is 12.8 Å². The van der Waals surface area contributed by atoms with Crippen LogP contribution in [0, 0.1) is 5.82 Å². The fourth-order valence-corrected chi connectivity index (χ4v) is 4.84. The van der Waals surface area contributed by atoms with Gasteiger partial charge in [0.2, 0.25) is 10.0 Å². The highest BCUT2D eigenvalue weighted by atomic mass is 32.2. The molecule has 3 N–H and O–H groups in total. The van der Waals surface area contributed by atoms with Crippen LogP contribution in [0.25, 0.3) is 0 Å². The second-order valence-electron chi connectivity index (χ2n) is 4.97. The van der Waals surface area contributed by atoms with Crippen molar-refractivity contribution in [2.24, 2.45) is 0 Å². The summed E-state index contributed by atoms with van der Waals surface area (Å²) in [5, 5.41) is 0.288. The Hall–Kier alpha value is -0.790. The van der Waals surface area contributed by atoms with E-state index in [1.54, 1.807) is 11.8 Å². The molecule has 0 radical (unpaired) electrons. The first-order chi connectivity index (χ1) is 9.44. The van der Waals surface area contributed by atoms with Gasteiger partial charge in [-0.3, -0.25) is 0 Å². The Kier molecular flexibility index (Phi) is 4.93. The molecule has 7 heteroatoms. The van der Waals surface area contributed by atoms with Crippen molar-refractivity contribution >= 4 is 27.5 Å². The Morgan fingerprint density at radius 3 is 2.70 bits per heavy atom. The van der Waals surface area contributed by atoms with E-state index < -0.39 is 15.8 Å². The number of nitrogen functional groups attached to an aromatic ring is 1. The average Bonchev–Trinajstić information content (AvgIpc) is 2.42. The van der Waals surface area contributed by atoms with E-state index in [-0.39, 0.29) is 21.9 Å². The molecule has 1 aliphatic rings. The molecule has 0 bridgehead atoms. The number of benzene rings is 1. The second-order valence-corrected chi connectivity index (χ2v) is 7.76. The van der Waals surface area contributed by atoms with Crippen molar-refractivity contribution in [1.82, 2.24) is 4.72 Å². The zero-order valence-corrected chi connectivity index (χ0v) is 12.9. The molecule has 2 rings (SSSR count). The molecule has 4 nitrogen and oxygen atoms in total. The Morgan fingerprint density at radius 2 is 2.05 bits per heavy atom. The van der Waals surface area contributed by atoms with Crippen LogP contribution in [-0.4, -0.2) is 26.0 Å². The summed E-state index contributed by atoms with van der Waals surface area (Å²) in [5.74, 6) is -0.608. The maximum Gasteiger partial charge on any atom is 0.240 e. The average molecular weight is 318 g/mol. The number of thioether (sulfide) groups is 1. The smallest absolute Gasteiger partial charge is 0.240 e. The third-order valence-electron chi connectivity index (χ3n) is 3.59. The summed E-state index contributed by atoms with van der Waals surface area (Å²) in [6.07, 6.45) is 6.00. The normalized spacial score (nSPS) is 23.7. The zero-order valence-electron chi connectivity index (χ0n) is 11.3. The third-order valence-corrected chi connectivity index (χ3v) is 6.25. The van der Waals surface area contributed by atoms with E-state index in [0.29, 0.717) is 0 Å². The lowest BCUT2D eigenvalue weighted by atomic mass is 9.96. The fourth-order valence-electron chi connectivity index (χ4n) is 2.47. The molecule has 20 heavy (non-hydrogen) atoms. The Bertz CT molecular complexity index is 578. The number of anilines is 1. The summed E-state index contributed by atoms with van der Waals surface area (Å²) >= 11 is 1.68. The van der Waals surface area contributed by atoms with E-state index in [1.165, 1.54) is 6.07 Å². The second kappa shape index (κ2) is 6.32. The van der Waals surface area contributed by atoms with Crippen molar-refractivity contribution in [3.63, 3.8) is 0 Å². The highest BCUT2D eigenvalue weighted by Gasteiger charge is 2.29. The van der Waals surface area contributed by atoms with Crippen LogP contribution >= 0.6 is 11.8 Å². The SMILES string of the molecule is CSC1CCCCC1NS(=O)(=O)c1ccc(F)c(N)c1. The molecule has 0 heterocycles. The highest BCUT2D eigenvalue weighted by molar-refractivity contribution is 7.99. The van der Waals surface area contributed by atoms with Crippen LogP contribution in [0.5, 0.6) is 0 Å². The molecule has 0 amide bonds. The van der Waals surface area contributed by atoms with Crippen LogP contribution in [0.3, 0.4) is 0 Å². The Morgan fingerprint density at radius 1 is 1.35 bits per heavy atom. The van der Waals surface area contributed by atoms with E-state index in [4.69, 9.17) is 5.73 Å². The number of nitrogens with one attached hydrogen (secondary N) is 1. The molecule has 1 aliphatic carbocycles. The number of nitrogens with two attached hydrogens (primary N) is 1. The minimum atomic E-state index is -3.65. The molecule has 1 aromatic carbocycles. The molecular weight excluding hydrogens is 299 g/mol. The van der Waals surface area contributed by atoms with Gasteiger partial charge in [-0.25, -0.2) is 17.5 Å². The van der Waals surface area contributed by atoms with Crippen molar-refractivity contribution in [2.45, 2.75) is 41.9 Å². The van der Waals surface area contributed by atoms with Crippen molar-refractivity contribution in [2.75, 3.05) is 12.0 Å².